The molecule has 0 unspecified atom stereocenters. The van der Waals surface area contributed by atoms with Crippen LogP contribution in [0.2, 0.25) is 0 Å². The van der Waals surface area contributed by atoms with E-state index in [-0.39, 0.29) is 11.9 Å². The Morgan fingerprint density at radius 3 is 2.52 bits per heavy atom. The van der Waals surface area contributed by atoms with Gasteiger partial charge < -0.3 is 14.6 Å². The number of anilines is 1. The van der Waals surface area contributed by atoms with Gasteiger partial charge in [-0.3, -0.25) is 20.0 Å². The lowest BCUT2D eigenvalue weighted by atomic mass is 9.90. The van der Waals surface area contributed by atoms with Gasteiger partial charge in [-0.15, -0.1) is 0 Å². The molecule has 3 heterocycles. The summed E-state index contributed by atoms with van der Waals surface area (Å²) in [4.78, 5) is 32.9. The van der Waals surface area contributed by atoms with E-state index in [0.717, 1.165) is 54.6 Å². The Hall–Kier alpha value is -4.24. The van der Waals surface area contributed by atoms with Gasteiger partial charge in [-0.1, -0.05) is 12.1 Å². The summed E-state index contributed by atoms with van der Waals surface area (Å²) in [5.74, 6) is -0.369. The average Bonchev–Trinajstić information content (AvgIpc) is 3.33. The average molecular weight is 544 g/mol. The largest absolute Gasteiger partial charge is 0.465 e. The highest BCUT2D eigenvalue weighted by molar-refractivity contribution is 5.99. The number of piperidine rings is 1. The first-order valence-electron chi connectivity index (χ1n) is 13.6. The Morgan fingerprint density at radius 1 is 1.12 bits per heavy atom. The number of amides is 2. The zero-order chi connectivity index (χ0) is 28.4. The lowest BCUT2D eigenvalue weighted by Crippen LogP contribution is -2.33. The van der Waals surface area contributed by atoms with Gasteiger partial charge in [-0.25, -0.2) is 9.18 Å². The number of halogens is 1. The molecule has 2 N–H and O–H groups in total. The third-order valence-corrected chi connectivity index (χ3v) is 7.77. The second kappa shape index (κ2) is 11.5. The molecule has 0 atom stereocenters. The molecule has 8 nitrogen and oxygen atoms in total. The van der Waals surface area contributed by atoms with Crippen molar-refractivity contribution in [3.63, 3.8) is 0 Å². The number of likely N-dealkylation sites (tertiary alicyclic amines) is 1. The summed E-state index contributed by atoms with van der Waals surface area (Å²) in [5, 5.41) is 11.2. The zero-order valence-corrected chi connectivity index (χ0v) is 23.0. The van der Waals surface area contributed by atoms with Crippen molar-refractivity contribution in [3.8, 4) is 5.69 Å². The molecule has 40 heavy (non-hydrogen) atoms. The third kappa shape index (κ3) is 5.70. The number of pyridine rings is 1. The van der Waals surface area contributed by atoms with Crippen LogP contribution >= 0.6 is 0 Å². The number of aromatic nitrogens is 2. The van der Waals surface area contributed by atoms with Gasteiger partial charge >= 0.3 is 6.09 Å². The van der Waals surface area contributed by atoms with Crippen molar-refractivity contribution in [1.29, 1.82) is 0 Å². The van der Waals surface area contributed by atoms with Gasteiger partial charge in [-0.2, -0.15) is 0 Å². The van der Waals surface area contributed by atoms with Crippen molar-refractivity contribution in [1.82, 2.24) is 19.4 Å². The number of rotatable bonds is 7. The summed E-state index contributed by atoms with van der Waals surface area (Å²) in [6.45, 7) is 6.49. The monoisotopic (exact) mass is 543 g/mol. The fraction of sp³-hybridized carbons (Fsp3) is 0.323. The van der Waals surface area contributed by atoms with Crippen molar-refractivity contribution < 1.29 is 19.1 Å². The molecule has 9 heteroatoms. The minimum Gasteiger partial charge on any atom is -0.465 e. The molecule has 1 saturated heterocycles. The highest BCUT2D eigenvalue weighted by atomic mass is 19.1. The lowest BCUT2D eigenvalue weighted by molar-refractivity contribution is 0.0754. The number of fused-ring (bicyclic) bond motifs is 1. The van der Waals surface area contributed by atoms with Crippen LogP contribution in [0.15, 0.2) is 67.0 Å². The molecule has 1 aliphatic heterocycles. The number of carboxylic acid groups (broad SMARTS) is 1. The van der Waals surface area contributed by atoms with Crippen LogP contribution in [0.3, 0.4) is 0 Å². The van der Waals surface area contributed by atoms with Gasteiger partial charge in [0.15, 0.2) is 0 Å². The second-order valence-corrected chi connectivity index (χ2v) is 10.7. The van der Waals surface area contributed by atoms with Crippen LogP contribution in [-0.2, 0) is 6.54 Å². The highest BCUT2D eigenvalue weighted by Crippen LogP contribution is 2.36. The molecule has 0 bridgehead atoms. The quantitative estimate of drug-likeness (QED) is 0.293. The molecule has 0 radical (unpaired) electrons. The van der Waals surface area contributed by atoms with Crippen molar-refractivity contribution in [2.75, 3.05) is 25.5 Å². The summed E-state index contributed by atoms with van der Waals surface area (Å²) < 4.78 is 16.3. The van der Waals surface area contributed by atoms with E-state index >= 15 is 0 Å². The predicted molar refractivity (Wildman–Crippen MR) is 154 cm³/mol. The molecule has 5 rings (SSSR count). The van der Waals surface area contributed by atoms with Gasteiger partial charge in [0.2, 0.25) is 0 Å². The second-order valence-electron chi connectivity index (χ2n) is 10.7. The SMILES string of the molecule is CC(C)N(C)C(=O)c1cc(F)ccc1-n1cc(C2CCN(Cc3ccc(NC(=O)O)cc3)CC2)c2ncccc21. The van der Waals surface area contributed by atoms with Crippen molar-refractivity contribution in [3.05, 3.63) is 89.5 Å². The Kier molecular flexibility index (Phi) is 7.84. The van der Waals surface area contributed by atoms with Gasteiger partial charge in [0.25, 0.3) is 5.91 Å². The Morgan fingerprint density at radius 2 is 1.85 bits per heavy atom. The number of carbonyl (C=O) groups is 2. The van der Waals surface area contributed by atoms with Crippen molar-refractivity contribution >= 4 is 28.7 Å². The minimum atomic E-state index is -1.07. The molecule has 0 aliphatic carbocycles. The van der Waals surface area contributed by atoms with E-state index in [0.29, 0.717) is 22.9 Å². The van der Waals surface area contributed by atoms with Gasteiger partial charge in [0.05, 0.1) is 22.3 Å². The minimum absolute atomic E-state index is 0.0215. The van der Waals surface area contributed by atoms with Gasteiger partial charge in [-0.05, 0) is 99.3 Å². The standard InChI is InChI=1S/C31H34FN5O3/c1-20(2)35(3)30(38)25-17-23(32)8-11-27(25)37-19-26(29-28(37)5-4-14-33-29)22-12-15-36(16-13-22)18-21-6-9-24(10-7-21)34-31(39)40/h4-11,14,17,19-20,22,34H,12-13,15-16,18H2,1-3H3,(H,39,40). The first-order valence-corrected chi connectivity index (χ1v) is 13.6. The smallest absolute Gasteiger partial charge is 0.409 e. The predicted octanol–water partition coefficient (Wildman–Crippen LogP) is 6.11. The number of nitrogens with zero attached hydrogens (tertiary/aromatic N) is 4. The molecular weight excluding hydrogens is 509 g/mol. The van der Waals surface area contributed by atoms with Gasteiger partial charge in [0.1, 0.15) is 5.82 Å². The number of hydrogen-bond acceptors (Lipinski definition) is 4. The third-order valence-electron chi connectivity index (χ3n) is 7.77. The molecule has 4 aromatic rings. The van der Waals surface area contributed by atoms with E-state index in [1.54, 1.807) is 36.3 Å². The zero-order valence-electron chi connectivity index (χ0n) is 23.0. The van der Waals surface area contributed by atoms with Crippen LogP contribution in [0.1, 0.15) is 54.1 Å². The maximum Gasteiger partial charge on any atom is 0.409 e. The maximum absolute atomic E-state index is 14.3. The molecule has 2 aromatic heterocycles. The van der Waals surface area contributed by atoms with E-state index < -0.39 is 11.9 Å². The molecular formula is C31H34FN5O3. The first kappa shape index (κ1) is 27.3. The number of carbonyl (C=O) groups excluding carboxylic acids is 1. The van der Waals surface area contributed by atoms with Crippen LogP contribution in [0.5, 0.6) is 0 Å². The molecule has 208 valence electrons. The molecule has 1 aliphatic rings. The van der Waals surface area contributed by atoms with E-state index in [1.165, 1.54) is 12.1 Å². The van der Waals surface area contributed by atoms with Gasteiger partial charge in [0, 0.05) is 37.7 Å². The molecule has 2 amide bonds. The fourth-order valence-electron chi connectivity index (χ4n) is 5.37. The fourth-order valence-corrected chi connectivity index (χ4v) is 5.37. The number of hydrogen-bond donors (Lipinski definition) is 2. The van der Waals surface area contributed by atoms with Crippen LogP contribution in [0.4, 0.5) is 14.9 Å². The summed E-state index contributed by atoms with van der Waals surface area (Å²) in [5.41, 5.74) is 5.59. The summed E-state index contributed by atoms with van der Waals surface area (Å²) in [6, 6.07) is 15.7. The lowest BCUT2D eigenvalue weighted by Gasteiger charge is -2.31. The summed E-state index contributed by atoms with van der Waals surface area (Å²) >= 11 is 0. The van der Waals surface area contributed by atoms with E-state index in [2.05, 4.69) is 16.4 Å². The maximum atomic E-state index is 14.3. The van der Waals surface area contributed by atoms with E-state index in [4.69, 9.17) is 10.1 Å². The summed E-state index contributed by atoms with van der Waals surface area (Å²) in [7, 11) is 1.73. The number of nitrogens with one attached hydrogen (secondary N) is 1. The van der Waals surface area contributed by atoms with Crippen LogP contribution in [0, 0.1) is 5.82 Å². The molecule has 0 spiro atoms. The van der Waals surface area contributed by atoms with Crippen LogP contribution in [-0.4, -0.2) is 62.6 Å². The Balaban J connectivity index is 1.38. The van der Waals surface area contributed by atoms with Crippen molar-refractivity contribution in [2.24, 2.45) is 0 Å². The number of benzene rings is 2. The van der Waals surface area contributed by atoms with E-state index in [1.807, 2.05) is 42.7 Å². The normalized spacial score (nSPS) is 14.5. The summed E-state index contributed by atoms with van der Waals surface area (Å²) in [6.07, 6.45) is 4.71. The Bertz CT molecular complexity index is 1520. The highest BCUT2D eigenvalue weighted by Gasteiger charge is 2.26. The van der Waals surface area contributed by atoms with Crippen LogP contribution < -0.4 is 5.32 Å². The first-order chi connectivity index (χ1) is 19.2. The molecule has 1 fully saturated rings. The Labute approximate surface area is 233 Å². The topological polar surface area (TPSA) is 90.7 Å². The van der Waals surface area contributed by atoms with E-state index in [9.17, 15) is 14.0 Å². The van der Waals surface area contributed by atoms with Crippen molar-refractivity contribution in [2.45, 2.75) is 45.2 Å². The molecule has 0 saturated carbocycles. The van der Waals surface area contributed by atoms with Crippen LogP contribution in [0.25, 0.3) is 16.7 Å². The molecule has 2 aromatic carbocycles.